The van der Waals surface area contributed by atoms with E-state index < -0.39 is 5.82 Å². The van der Waals surface area contributed by atoms with Crippen LogP contribution in [0.2, 0.25) is 0 Å². The summed E-state index contributed by atoms with van der Waals surface area (Å²) in [5.41, 5.74) is 5.26. The van der Waals surface area contributed by atoms with E-state index in [2.05, 4.69) is 50.5 Å². The molecule has 0 bridgehead atoms. The number of hydrogen-bond acceptors (Lipinski definition) is 7. The van der Waals surface area contributed by atoms with Gasteiger partial charge in [0.15, 0.2) is 5.82 Å². The van der Waals surface area contributed by atoms with Crippen molar-refractivity contribution in [3.8, 4) is 11.3 Å². The molecule has 8 nitrogen and oxygen atoms in total. The van der Waals surface area contributed by atoms with Gasteiger partial charge in [0.1, 0.15) is 11.5 Å². The van der Waals surface area contributed by atoms with E-state index in [1.54, 1.807) is 0 Å². The van der Waals surface area contributed by atoms with Gasteiger partial charge in [-0.15, -0.1) is 0 Å². The number of halogens is 1. The Balaban J connectivity index is 1.40. The van der Waals surface area contributed by atoms with E-state index in [4.69, 9.17) is 4.98 Å². The molecule has 4 aromatic rings. The maximum atomic E-state index is 14.8. The van der Waals surface area contributed by atoms with Crippen molar-refractivity contribution in [2.75, 3.05) is 32.0 Å². The zero-order valence-electron chi connectivity index (χ0n) is 20.6. The van der Waals surface area contributed by atoms with Gasteiger partial charge in [0.25, 0.3) is 0 Å². The third kappa shape index (κ3) is 4.74. The minimum Gasteiger partial charge on any atom is -0.318 e. The van der Waals surface area contributed by atoms with Crippen LogP contribution in [0.1, 0.15) is 36.7 Å². The van der Waals surface area contributed by atoms with E-state index in [9.17, 15) is 4.39 Å². The lowest BCUT2D eigenvalue weighted by Gasteiger charge is -2.28. The van der Waals surface area contributed by atoms with Gasteiger partial charge in [-0.2, -0.15) is 5.10 Å². The molecule has 0 amide bonds. The number of hydrogen-bond donors (Lipinski definition) is 2. The van der Waals surface area contributed by atoms with Crippen molar-refractivity contribution in [3.05, 3.63) is 59.3 Å². The van der Waals surface area contributed by atoms with Gasteiger partial charge >= 0.3 is 0 Å². The van der Waals surface area contributed by atoms with E-state index in [0.717, 1.165) is 54.9 Å². The van der Waals surface area contributed by atoms with Crippen LogP contribution in [0.3, 0.4) is 0 Å². The summed E-state index contributed by atoms with van der Waals surface area (Å²) in [6.45, 7) is 8.13. The molecular formula is C26H31FN8. The van der Waals surface area contributed by atoms with Gasteiger partial charge in [0, 0.05) is 62.0 Å². The number of pyridine rings is 1. The predicted octanol–water partition coefficient (Wildman–Crippen LogP) is 4.01. The molecule has 1 aliphatic heterocycles. The van der Waals surface area contributed by atoms with Crippen LogP contribution in [0, 0.1) is 5.82 Å². The Morgan fingerprint density at radius 1 is 1.14 bits per heavy atom. The van der Waals surface area contributed by atoms with Crippen molar-refractivity contribution in [3.63, 3.8) is 0 Å². The van der Waals surface area contributed by atoms with Gasteiger partial charge in [0.05, 0.1) is 11.7 Å². The molecule has 0 aliphatic carbocycles. The van der Waals surface area contributed by atoms with Crippen LogP contribution in [0.25, 0.3) is 22.2 Å². The monoisotopic (exact) mass is 474 g/mol. The highest BCUT2D eigenvalue weighted by Crippen LogP contribution is 2.30. The summed E-state index contributed by atoms with van der Waals surface area (Å²) in [7, 11) is 3.91. The highest BCUT2D eigenvalue weighted by atomic mass is 19.1. The van der Waals surface area contributed by atoms with Crippen molar-refractivity contribution in [2.24, 2.45) is 7.05 Å². The van der Waals surface area contributed by atoms with Gasteiger partial charge < -0.3 is 10.6 Å². The molecule has 0 unspecified atom stereocenters. The molecule has 0 fully saturated rings. The summed E-state index contributed by atoms with van der Waals surface area (Å²) in [6.07, 6.45) is 2.10. The first-order valence-corrected chi connectivity index (χ1v) is 12.0. The van der Waals surface area contributed by atoms with Crippen LogP contribution in [0.5, 0.6) is 0 Å². The van der Waals surface area contributed by atoms with Gasteiger partial charge in [-0.3, -0.25) is 9.58 Å². The Kier molecular flexibility index (Phi) is 6.44. The number of nitrogens with zero attached hydrogens (tertiary/aromatic N) is 6. The number of aryl methyl sites for hydroxylation is 1. The van der Waals surface area contributed by atoms with Crippen molar-refractivity contribution in [1.82, 2.24) is 34.9 Å². The average Bonchev–Trinajstić information content (AvgIpc) is 3.19. The molecule has 0 atom stereocenters. The average molecular weight is 475 g/mol. The van der Waals surface area contributed by atoms with Crippen LogP contribution < -0.4 is 10.6 Å². The molecule has 4 heterocycles. The maximum absolute atomic E-state index is 14.8. The molecule has 0 saturated carbocycles. The van der Waals surface area contributed by atoms with E-state index in [1.165, 1.54) is 11.8 Å². The first kappa shape index (κ1) is 23.3. The molecule has 0 saturated heterocycles. The number of benzene rings is 1. The summed E-state index contributed by atoms with van der Waals surface area (Å²) in [4.78, 5) is 15.9. The number of likely N-dealkylation sites (N-methyl/N-ethyl adjacent to an activating group) is 1. The molecule has 3 aromatic heterocycles. The third-order valence-electron chi connectivity index (χ3n) is 6.49. The summed E-state index contributed by atoms with van der Waals surface area (Å²) in [5, 5.41) is 12.0. The molecule has 2 N–H and O–H groups in total. The molecule has 0 radical (unpaired) electrons. The molecule has 5 rings (SSSR count). The second-order valence-corrected chi connectivity index (χ2v) is 9.34. The lowest BCUT2D eigenvalue weighted by molar-refractivity contribution is 0.254. The zero-order valence-corrected chi connectivity index (χ0v) is 20.6. The summed E-state index contributed by atoms with van der Waals surface area (Å²) in [5.74, 6) is 0.800. The third-order valence-corrected chi connectivity index (χ3v) is 6.49. The Morgan fingerprint density at radius 2 is 2.00 bits per heavy atom. The first-order chi connectivity index (χ1) is 16.9. The maximum Gasteiger partial charge on any atom is 0.229 e. The predicted molar refractivity (Wildman–Crippen MR) is 136 cm³/mol. The standard InChI is InChI=1S/C26H31FN8/c1-16(2)25-19-13-17(5-7-22(19)33-34(25)4)24-20(27)14-29-26(32-24)31-23-8-6-18-15-35(12-10-28-3)11-9-21(18)30-23/h5-8,13-14,16,28H,9-12,15H2,1-4H3,(H,29,30,31,32). The van der Waals surface area contributed by atoms with Gasteiger partial charge in [-0.25, -0.2) is 19.3 Å². The Labute approximate surface area is 204 Å². The fourth-order valence-corrected chi connectivity index (χ4v) is 4.80. The van der Waals surface area contributed by atoms with Crippen LogP contribution in [-0.2, 0) is 20.0 Å². The van der Waals surface area contributed by atoms with E-state index in [1.807, 2.05) is 43.0 Å². The normalized spacial score (nSPS) is 14.0. The minimum absolute atomic E-state index is 0.251. The van der Waals surface area contributed by atoms with Crippen molar-refractivity contribution >= 4 is 22.7 Å². The van der Waals surface area contributed by atoms with Crippen LogP contribution >= 0.6 is 0 Å². The van der Waals surface area contributed by atoms with Gasteiger partial charge in [-0.1, -0.05) is 26.0 Å². The highest BCUT2D eigenvalue weighted by molar-refractivity contribution is 5.86. The van der Waals surface area contributed by atoms with Crippen molar-refractivity contribution in [1.29, 1.82) is 0 Å². The van der Waals surface area contributed by atoms with Crippen LogP contribution in [-0.4, -0.2) is 56.3 Å². The largest absolute Gasteiger partial charge is 0.318 e. The van der Waals surface area contributed by atoms with E-state index in [0.29, 0.717) is 17.3 Å². The zero-order chi connectivity index (χ0) is 24.5. The van der Waals surface area contributed by atoms with Crippen LogP contribution in [0.4, 0.5) is 16.2 Å². The minimum atomic E-state index is -0.468. The SMILES string of the molecule is CNCCN1CCc2nc(Nc3ncc(F)c(-c4ccc5nn(C)c(C(C)C)c5c4)n3)ccc2C1. The first-order valence-electron chi connectivity index (χ1n) is 12.0. The smallest absolute Gasteiger partial charge is 0.229 e. The topological polar surface area (TPSA) is 83.8 Å². The summed E-state index contributed by atoms with van der Waals surface area (Å²) in [6, 6.07) is 9.76. The molecule has 0 spiro atoms. The Hall–Kier alpha value is -3.43. The summed E-state index contributed by atoms with van der Waals surface area (Å²) < 4.78 is 16.7. The number of rotatable bonds is 7. The number of nitrogens with one attached hydrogen (secondary N) is 2. The molecular weight excluding hydrogens is 443 g/mol. The lowest BCUT2D eigenvalue weighted by Crippen LogP contribution is -2.35. The molecule has 9 heteroatoms. The number of anilines is 2. The van der Waals surface area contributed by atoms with Crippen LogP contribution in [0.15, 0.2) is 36.5 Å². The second kappa shape index (κ2) is 9.67. The Bertz CT molecular complexity index is 1360. The molecule has 1 aliphatic rings. The number of fused-ring (bicyclic) bond motifs is 2. The molecule has 182 valence electrons. The van der Waals surface area contributed by atoms with Crippen molar-refractivity contribution in [2.45, 2.75) is 32.7 Å². The molecule has 1 aromatic carbocycles. The highest BCUT2D eigenvalue weighted by Gasteiger charge is 2.19. The quantitative estimate of drug-likeness (QED) is 0.419. The molecule has 35 heavy (non-hydrogen) atoms. The second-order valence-electron chi connectivity index (χ2n) is 9.34. The van der Waals surface area contributed by atoms with Gasteiger partial charge in [-0.05, 0) is 36.7 Å². The summed E-state index contributed by atoms with van der Waals surface area (Å²) >= 11 is 0. The van der Waals surface area contributed by atoms with Gasteiger partial charge in [0.2, 0.25) is 5.95 Å². The van der Waals surface area contributed by atoms with E-state index >= 15 is 0 Å². The number of aromatic nitrogens is 5. The lowest BCUT2D eigenvalue weighted by atomic mass is 10.0. The van der Waals surface area contributed by atoms with E-state index in [-0.39, 0.29) is 11.6 Å². The fourth-order valence-electron chi connectivity index (χ4n) is 4.80. The van der Waals surface area contributed by atoms with Crippen molar-refractivity contribution < 1.29 is 4.39 Å². The fraction of sp³-hybridized carbons (Fsp3) is 0.385. The Morgan fingerprint density at radius 3 is 2.80 bits per heavy atom.